The Balaban J connectivity index is 1.66. The maximum atomic E-state index is 13.5. The van der Waals surface area contributed by atoms with Crippen molar-refractivity contribution in [1.29, 1.82) is 0 Å². The molecular formula is C27H24F3N4S. The molecule has 0 amide bonds. The van der Waals surface area contributed by atoms with Gasteiger partial charge < -0.3 is 5.32 Å². The average molecular weight is 494 g/mol. The predicted molar refractivity (Wildman–Crippen MR) is 131 cm³/mol. The summed E-state index contributed by atoms with van der Waals surface area (Å²) in [5.41, 5.74) is 2.94. The molecule has 5 rings (SSSR count). The number of alkyl halides is 3. The first-order valence-electron chi connectivity index (χ1n) is 11.6. The van der Waals surface area contributed by atoms with Gasteiger partial charge in [-0.05, 0) is 43.6 Å². The average Bonchev–Trinajstić information content (AvgIpc) is 3.34. The number of nitrogens with zero attached hydrogens (tertiary/aromatic N) is 3. The monoisotopic (exact) mass is 493 g/mol. The third-order valence-electron chi connectivity index (χ3n) is 6.47. The van der Waals surface area contributed by atoms with E-state index in [1.807, 2.05) is 30.3 Å². The number of hydrogen-bond acceptors (Lipinski definition) is 5. The molecular weight excluding hydrogens is 469 g/mol. The van der Waals surface area contributed by atoms with E-state index in [9.17, 15) is 13.2 Å². The predicted octanol–water partition coefficient (Wildman–Crippen LogP) is 6.70. The lowest BCUT2D eigenvalue weighted by Gasteiger charge is -2.20. The number of nitrogens with one attached hydrogen (secondary N) is 1. The summed E-state index contributed by atoms with van der Waals surface area (Å²) in [6, 6.07) is 15.4. The SMILES string of the molecule is C[C@@H](c1ccccc1)c1cn[c]nc1-c1sc(C2CCNCC2)nc1-c1cccc(C(F)(F)F)c1. The molecule has 1 N–H and O–H groups in total. The van der Waals surface area contributed by atoms with Crippen LogP contribution in [0.3, 0.4) is 0 Å². The van der Waals surface area contributed by atoms with E-state index in [0.29, 0.717) is 17.0 Å². The molecule has 2 aromatic carbocycles. The summed E-state index contributed by atoms with van der Waals surface area (Å²) >= 11 is 1.52. The zero-order chi connectivity index (χ0) is 24.4. The number of halogens is 3. The third kappa shape index (κ3) is 4.99. The zero-order valence-electron chi connectivity index (χ0n) is 19.1. The van der Waals surface area contributed by atoms with Crippen molar-refractivity contribution in [2.45, 2.75) is 37.8 Å². The molecule has 1 fully saturated rings. The van der Waals surface area contributed by atoms with Crippen LogP contribution in [0.15, 0.2) is 60.8 Å². The third-order valence-corrected chi connectivity index (χ3v) is 7.70. The first-order valence-corrected chi connectivity index (χ1v) is 12.4. The Morgan fingerprint density at radius 3 is 2.54 bits per heavy atom. The number of rotatable bonds is 5. The second-order valence-electron chi connectivity index (χ2n) is 8.74. The van der Waals surface area contributed by atoms with Crippen LogP contribution < -0.4 is 5.32 Å². The van der Waals surface area contributed by atoms with E-state index in [2.05, 4.69) is 28.5 Å². The van der Waals surface area contributed by atoms with Crippen molar-refractivity contribution < 1.29 is 13.2 Å². The lowest BCUT2D eigenvalue weighted by molar-refractivity contribution is -0.137. The summed E-state index contributed by atoms with van der Waals surface area (Å²) in [4.78, 5) is 14.3. The lowest BCUT2D eigenvalue weighted by atomic mass is 9.92. The molecule has 3 heterocycles. The molecule has 0 unspecified atom stereocenters. The van der Waals surface area contributed by atoms with Crippen LogP contribution in [-0.2, 0) is 6.18 Å². The minimum absolute atomic E-state index is 0.0143. The highest BCUT2D eigenvalue weighted by Crippen LogP contribution is 2.44. The molecule has 1 aliphatic rings. The molecule has 1 aliphatic heterocycles. The zero-order valence-corrected chi connectivity index (χ0v) is 20.0. The van der Waals surface area contributed by atoms with Crippen molar-refractivity contribution in [2.24, 2.45) is 0 Å². The fraction of sp³-hybridized carbons (Fsp3) is 0.296. The Morgan fingerprint density at radius 1 is 1.03 bits per heavy atom. The molecule has 2 aromatic heterocycles. The second kappa shape index (κ2) is 9.87. The van der Waals surface area contributed by atoms with Crippen molar-refractivity contribution in [1.82, 2.24) is 20.3 Å². The van der Waals surface area contributed by atoms with E-state index in [-0.39, 0.29) is 11.8 Å². The number of piperidine rings is 1. The van der Waals surface area contributed by atoms with Crippen LogP contribution in [0.25, 0.3) is 21.8 Å². The summed E-state index contributed by atoms with van der Waals surface area (Å²) in [5, 5.41) is 4.30. The van der Waals surface area contributed by atoms with Crippen LogP contribution in [0, 0.1) is 6.33 Å². The molecule has 0 aliphatic carbocycles. The maximum absolute atomic E-state index is 13.5. The minimum Gasteiger partial charge on any atom is -0.317 e. The van der Waals surface area contributed by atoms with Gasteiger partial charge in [0, 0.05) is 29.2 Å². The maximum Gasteiger partial charge on any atom is 0.416 e. The number of thiazole rings is 1. The van der Waals surface area contributed by atoms with Gasteiger partial charge in [0.05, 0.1) is 26.8 Å². The summed E-state index contributed by atoms with van der Waals surface area (Å²) in [5.74, 6) is 0.250. The van der Waals surface area contributed by atoms with E-state index < -0.39 is 11.7 Å². The van der Waals surface area contributed by atoms with Crippen molar-refractivity contribution in [3.8, 4) is 21.8 Å². The van der Waals surface area contributed by atoms with Crippen LogP contribution in [0.2, 0.25) is 0 Å². The van der Waals surface area contributed by atoms with Crippen molar-refractivity contribution >= 4 is 11.3 Å². The van der Waals surface area contributed by atoms with Gasteiger partial charge in [-0.3, -0.25) is 0 Å². The number of benzene rings is 2. The van der Waals surface area contributed by atoms with Crippen LogP contribution in [-0.4, -0.2) is 28.0 Å². The van der Waals surface area contributed by atoms with Gasteiger partial charge in [0.15, 0.2) is 6.33 Å². The summed E-state index contributed by atoms with van der Waals surface area (Å²) in [7, 11) is 0. The van der Waals surface area contributed by atoms with Gasteiger partial charge in [-0.2, -0.15) is 13.2 Å². The fourth-order valence-electron chi connectivity index (χ4n) is 4.50. The number of hydrogen-bond donors (Lipinski definition) is 1. The molecule has 0 saturated carbocycles. The number of aromatic nitrogens is 3. The molecule has 179 valence electrons. The van der Waals surface area contributed by atoms with Gasteiger partial charge in [0.1, 0.15) is 0 Å². The Hall–Kier alpha value is -3.10. The van der Waals surface area contributed by atoms with Gasteiger partial charge in [-0.15, -0.1) is 11.3 Å². The molecule has 4 aromatic rings. The Kier molecular flexibility index (Phi) is 6.67. The Morgan fingerprint density at radius 2 is 1.80 bits per heavy atom. The lowest BCUT2D eigenvalue weighted by Crippen LogP contribution is -2.26. The van der Waals surface area contributed by atoms with E-state index in [1.165, 1.54) is 23.5 Å². The van der Waals surface area contributed by atoms with Gasteiger partial charge in [-0.1, -0.05) is 49.4 Å². The van der Waals surface area contributed by atoms with Crippen LogP contribution >= 0.6 is 11.3 Å². The minimum atomic E-state index is -4.43. The van der Waals surface area contributed by atoms with Crippen LogP contribution in [0.1, 0.15) is 53.3 Å². The standard InChI is InChI=1S/C27H24F3N4S/c1-17(18-6-3-2-4-7-18)22-15-32-16-33-24(22)25-23(20-8-5-9-21(14-20)27(28,29)30)34-26(35-25)19-10-12-31-13-11-19/h2-9,14-15,17,19,31H,10-13H2,1H3/t17-/m0/s1. The highest BCUT2D eigenvalue weighted by molar-refractivity contribution is 7.15. The highest BCUT2D eigenvalue weighted by Gasteiger charge is 2.32. The van der Waals surface area contributed by atoms with Crippen molar-refractivity contribution in [2.75, 3.05) is 13.1 Å². The molecule has 35 heavy (non-hydrogen) atoms. The van der Waals surface area contributed by atoms with Crippen LogP contribution in [0.4, 0.5) is 13.2 Å². The molecule has 1 radical (unpaired) electrons. The molecule has 1 saturated heterocycles. The smallest absolute Gasteiger partial charge is 0.317 e. The van der Waals surface area contributed by atoms with Crippen LogP contribution in [0.5, 0.6) is 0 Å². The van der Waals surface area contributed by atoms with E-state index in [0.717, 1.165) is 53.0 Å². The van der Waals surface area contributed by atoms with Gasteiger partial charge in [-0.25, -0.2) is 15.0 Å². The first-order chi connectivity index (χ1) is 16.9. The van der Waals surface area contributed by atoms with Gasteiger partial charge >= 0.3 is 6.18 Å². The highest BCUT2D eigenvalue weighted by atomic mass is 32.1. The molecule has 0 spiro atoms. The second-order valence-corrected chi connectivity index (χ2v) is 9.77. The van der Waals surface area contributed by atoms with Crippen molar-refractivity contribution in [3.05, 3.63) is 88.8 Å². The van der Waals surface area contributed by atoms with E-state index in [4.69, 9.17) is 4.98 Å². The largest absolute Gasteiger partial charge is 0.416 e. The summed E-state index contributed by atoms with van der Waals surface area (Å²) < 4.78 is 40.5. The molecule has 1 atom stereocenters. The van der Waals surface area contributed by atoms with Gasteiger partial charge in [0.2, 0.25) is 0 Å². The molecule has 0 bridgehead atoms. The fourth-order valence-corrected chi connectivity index (χ4v) is 5.77. The molecule has 4 nitrogen and oxygen atoms in total. The summed E-state index contributed by atoms with van der Waals surface area (Å²) in [6.45, 7) is 3.88. The van der Waals surface area contributed by atoms with Gasteiger partial charge in [0.25, 0.3) is 0 Å². The normalized spacial score (nSPS) is 15.8. The first kappa shape index (κ1) is 23.6. The molecule has 8 heteroatoms. The van der Waals surface area contributed by atoms with E-state index in [1.54, 1.807) is 12.3 Å². The summed E-state index contributed by atoms with van der Waals surface area (Å²) in [6.07, 6.45) is 1.90. The topological polar surface area (TPSA) is 50.7 Å². The quantitative estimate of drug-likeness (QED) is 0.336. The van der Waals surface area contributed by atoms with E-state index >= 15 is 0 Å². The van der Waals surface area contributed by atoms with Crippen molar-refractivity contribution in [3.63, 3.8) is 0 Å². The Bertz CT molecular complexity index is 1300. The Labute approximate surface area is 206 Å².